The van der Waals surface area contributed by atoms with Gasteiger partial charge in [-0.1, -0.05) is 12.1 Å². The van der Waals surface area contributed by atoms with Gasteiger partial charge in [-0.3, -0.25) is 4.68 Å². The molecule has 4 nitrogen and oxygen atoms in total. The van der Waals surface area contributed by atoms with Crippen LogP contribution in [0.1, 0.15) is 5.56 Å². The summed E-state index contributed by atoms with van der Waals surface area (Å²) in [6.45, 7) is 1.86. The number of nitrogens with two attached hydrogens (primary N) is 1. The van der Waals surface area contributed by atoms with Crippen LogP contribution in [0.3, 0.4) is 0 Å². The summed E-state index contributed by atoms with van der Waals surface area (Å²) in [6, 6.07) is 7.16. The molecule has 78 valence electrons. The third-order valence-electron chi connectivity index (χ3n) is 2.50. The Balaban J connectivity index is 2.59. The summed E-state index contributed by atoms with van der Waals surface area (Å²) in [5.41, 5.74) is 8.21. The van der Waals surface area contributed by atoms with Crippen LogP contribution in [-0.2, 0) is 7.05 Å². The number of anilines is 1. The number of nitrogens with zero attached hydrogens (tertiary/aromatic N) is 2. The fraction of sp³-hybridized carbons (Fsp3) is 0.182. The summed E-state index contributed by atoms with van der Waals surface area (Å²) < 4.78 is 1.61. The van der Waals surface area contributed by atoms with Crippen LogP contribution in [0.2, 0.25) is 0 Å². The van der Waals surface area contributed by atoms with Crippen molar-refractivity contribution in [1.29, 1.82) is 0 Å². The lowest BCUT2D eigenvalue weighted by atomic mass is 10.1. The van der Waals surface area contributed by atoms with E-state index in [9.17, 15) is 5.11 Å². The third-order valence-corrected chi connectivity index (χ3v) is 2.50. The maximum Gasteiger partial charge on any atom is 0.121 e. The molecule has 0 bridgehead atoms. The zero-order valence-corrected chi connectivity index (χ0v) is 8.73. The number of benzene rings is 1. The van der Waals surface area contributed by atoms with Crippen molar-refractivity contribution in [3.63, 3.8) is 0 Å². The topological polar surface area (TPSA) is 64.1 Å². The molecule has 2 aromatic rings. The molecule has 0 spiro atoms. The molecule has 0 aliphatic heterocycles. The number of phenolic OH excluding ortho intramolecular Hbond substituents is 1. The molecule has 0 fully saturated rings. The lowest BCUT2D eigenvalue weighted by Gasteiger charge is -2.03. The molecule has 0 unspecified atom stereocenters. The molecule has 2 rings (SSSR count). The molecule has 0 radical (unpaired) electrons. The quantitative estimate of drug-likeness (QED) is 0.741. The van der Waals surface area contributed by atoms with Crippen LogP contribution in [0.25, 0.3) is 11.3 Å². The van der Waals surface area contributed by atoms with Gasteiger partial charge in [0.1, 0.15) is 11.6 Å². The van der Waals surface area contributed by atoms with E-state index in [2.05, 4.69) is 5.10 Å². The average molecular weight is 203 g/mol. The molecule has 1 aromatic carbocycles. The van der Waals surface area contributed by atoms with Crippen molar-refractivity contribution in [1.82, 2.24) is 9.78 Å². The highest BCUT2D eigenvalue weighted by molar-refractivity contribution is 5.68. The van der Waals surface area contributed by atoms with Crippen molar-refractivity contribution in [2.45, 2.75) is 6.92 Å². The second-order valence-corrected chi connectivity index (χ2v) is 3.53. The molecular weight excluding hydrogens is 190 g/mol. The summed E-state index contributed by atoms with van der Waals surface area (Å²) in [5.74, 6) is 0.879. The largest absolute Gasteiger partial charge is 0.508 e. The molecule has 4 heteroatoms. The summed E-state index contributed by atoms with van der Waals surface area (Å²) in [6.07, 6.45) is 0. The van der Waals surface area contributed by atoms with E-state index in [-0.39, 0.29) is 5.75 Å². The smallest absolute Gasteiger partial charge is 0.121 e. The van der Waals surface area contributed by atoms with Crippen molar-refractivity contribution < 1.29 is 5.11 Å². The Morgan fingerprint density at radius 1 is 1.40 bits per heavy atom. The molecule has 0 aliphatic rings. The Morgan fingerprint density at radius 2 is 2.13 bits per heavy atom. The van der Waals surface area contributed by atoms with E-state index in [0.29, 0.717) is 5.82 Å². The van der Waals surface area contributed by atoms with Crippen LogP contribution in [0.15, 0.2) is 24.3 Å². The SMILES string of the molecule is Cc1c(O)cccc1-c1cc(N)n(C)n1. The van der Waals surface area contributed by atoms with Crippen molar-refractivity contribution in [3.05, 3.63) is 29.8 Å². The molecule has 0 saturated carbocycles. The van der Waals surface area contributed by atoms with Gasteiger partial charge >= 0.3 is 0 Å². The average Bonchev–Trinajstić information content (AvgIpc) is 2.51. The maximum atomic E-state index is 9.57. The lowest BCUT2D eigenvalue weighted by molar-refractivity contribution is 0.471. The Kier molecular flexibility index (Phi) is 2.11. The van der Waals surface area contributed by atoms with E-state index < -0.39 is 0 Å². The number of aromatic hydroxyl groups is 1. The Labute approximate surface area is 88.0 Å². The zero-order valence-electron chi connectivity index (χ0n) is 8.73. The van der Waals surface area contributed by atoms with Gasteiger partial charge in [-0.15, -0.1) is 0 Å². The first-order valence-corrected chi connectivity index (χ1v) is 4.68. The van der Waals surface area contributed by atoms with E-state index in [4.69, 9.17) is 5.73 Å². The van der Waals surface area contributed by atoms with Crippen molar-refractivity contribution in [2.24, 2.45) is 7.05 Å². The highest BCUT2D eigenvalue weighted by Gasteiger charge is 2.09. The monoisotopic (exact) mass is 203 g/mol. The Hall–Kier alpha value is -1.97. The van der Waals surface area contributed by atoms with Crippen molar-refractivity contribution in [3.8, 4) is 17.0 Å². The first-order valence-electron chi connectivity index (χ1n) is 4.68. The molecule has 1 heterocycles. The van der Waals surface area contributed by atoms with Crippen LogP contribution in [0.5, 0.6) is 5.75 Å². The standard InChI is InChI=1S/C11H13N3O/c1-7-8(4-3-5-10(7)15)9-6-11(12)14(2)13-9/h3-6,15H,12H2,1-2H3. The minimum absolute atomic E-state index is 0.275. The molecule has 0 amide bonds. The van der Waals surface area contributed by atoms with Gasteiger partial charge in [0.15, 0.2) is 0 Å². The van der Waals surface area contributed by atoms with Crippen molar-refractivity contribution >= 4 is 5.82 Å². The van der Waals surface area contributed by atoms with Gasteiger partial charge in [-0.25, -0.2) is 0 Å². The van der Waals surface area contributed by atoms with E-state index >= 15 is 0 Å². The van der Waals surface area contributed by atoms with Gasteiger partial charge in [0, 0.05) is 24.2 Å². The van der Waals surface area contributed by atoms with E-state index in [0.717, 1.165) is 16.8 Å². The minimum atomic E-state index is 0.275. The number of nitrogen functional groups attached to an aromatic ring is 1. The molecule has 15 heavy (non-hydrogen) atoms. The first-order chi connectivity index (χ1) is 7.09. The van der Waals surface area contributed by atoms with Crippen LogP contribution in [-0.4, -0.2) is 14.9 Å². The van der Waals surface area contributed by atoms with Gasteiger partial charge in [0.25, 0.3) is 0 Å². The Morgan fingerprint density at radius 3 is 2.73 bits per heavy atom. The van der Waals surface area contributed by atoms with E-state index in [1.165, 1.54) is 0 Å². The summed E-state index contributed by atoms with van der Waals surface area (Å²) in [5, 5.41) is 13.8. The number of hydrogen-bond acceptors (Lipinski definition) is 3. The van der Waals surface area contributed by atoms with Gasteiger partial charge in [-0.05, 0) is 13.0 Å². The number of aromatic nitrogens is 2. The fourth-order valence-electron chi connectivity index (χ4n) is 1.51. The van der Waals surface area contributed by atoms with E-state index in [1.807, 2.05) is 13.0 Å². The molecule has 0 atom stereocenters. The molecule has 0 aliphatic carbocycles. The Bertz CT molecular complexity index is 483. The number of rotatable bonds is 1. The molecule has 0 saturated heterocycles. The summed E-state index contributed by atoms with van der Waals surface area (Å²) in [4.78, 5) is 0. The third kappa shape index (κ3) is 1.54. The highest BCUT2D eigenvalue weighted by atomic mass is 16.3. The minimum Gasteiger partial charge on any atom is -0.508 e. The van der Waals surface area contributed by atoms with Gasteiger partial charge < -0.3 is 10.8 Å². The predicted molar refractivity (Wildman–Crippen MR) is 59.5 cm³/mol. The predicted octanol–water partition coefficient (Wildman–Crippen LogP) is 1.68. The zero-order chi connectivity index (χ0) is 11.0. The maximum absolute atomic E-state index is 9.57. The van der Waals surface area contributed by atoms with Gasteiger partial charge in [0.05, 0.1) is 5.69 Å². The normalized spacial score (nSPS) is 10.5. The summed E-state index contributed by atoms with van der Waals surface area (Å²) in [7, 11) is 1.79. The molecular formula is C11H13N3O. The first kappa shape index (κ1) is 9.58. The molecule has 1 aromatic heterocycles. The second-order valence-electron chi connectivity index (χ2n) is 3.53. The number of hydrogen-bond donors (Lipinski definition) is 2. The number of phenols is 1. The highest BCUT2D eigenvalue weighted by Crippen LogP contribution is 2.28. The molecule has 3 N–H and O–H groups in total. The van der Waals surface area contributed by atoms with Crippen LogP contribution in [0, 0.1) is 6.92 Å². The fourth-order valence-corrected chi connectivity index (χ4v) is 1.51. The van der Waals surface area contributed by atoms with Crippen LogP contribution in [0.4, 0.5) is 5.82 Å². The van der Waals surface area contributed by atoms with Crippen LogP contribution >= 0.6 is 0 Å². The van der Waals surface area contributed by atoms with Gasteiger partial charge in [-0.2, -0.15) is 5.10 Å². The lowest BCUT2D eigenvalue weighted by Crippen LogP contribution is -1.96. The van der Waals surface area contributed by atoms with E-state index in [1.54, 1.807) is 29.9 Å². The summed E-state index contributed by atoms with van der Waals surface area (Å²) >= 11 is 0. The van der Waals surface area contributed by atoms with Crippen molar-refractivity contribution in [2.75, 3.05) is 5.73 Å². The van der Waals surface area contributed by atoms with Crippen LogP contribution < -0.4 is 5.73 Å². The second kappa shape index (κ2) is 3.31. The van der Waals surface area contributed by atoms with Gasteiger partial charge in [0.2, 0.25) is 0 Å². The number of aryl methyl sites for hydroxylation is 1.